The van der Waals surface area contributed by atoms with Crippen LogP contribution in [0.4, 0.5) is 0 Å². The van der Waals surface area contributed by atoms with E-state index in [4.69, 9.17) is 4.74 Å². The Bertz CT molecular complexity index is 909. The maximum absolute atomic E-state index is 12.1. The molecule has 0 atom stereocenters. The maximum Gasteiger partial charge on any atom is 0.347 e. The largest absolute Gasteiger partial charge is 0.386 e. The molecule has 4 bridgehead atoms. The molecule has 22 heavy (non-hydrogen) atoms. The fourth-order valence-corrected chi connectivity index (χ4v) is 2.64. The van der Waals surface area contributed by atoms with E-state index in [0.29, 0.717) is 11.1 Å². The van der Waals surface area contributed by atoms with Crippen molar-refractivity contribution < 1.29 is 28.7 Å². The molecule has 0 saturated heterocycles. The molecular formula is C16H6O6. The van der Waals surface area contributed by atoms with Crippen molar-refractivity contribution >= 4 is 23.9 Å². The van der Waals surface area contributed by atoms with Gasteiger partial charge >= 0.3 is 23.9 Å². The lowest BCUT2D eigenvalue weighted by Crippen LogP contribution is -2.17. The smallest absolute Gasteiger partial charge is 0.347 e. The summed E-state index contributed by atoms with van der Waals surface area (Å²) in [6.45, 7) is 0. The minimum atomic E-state index is -0.994. The summed E-state index contributed by atoms with van der Waals surface area (Å²) in [4.78, 5) is 47.8. The van der Waals surface area contributed by atoms with Gasteiger partial charge in [-0.05, 0) is 29.3 Å². The Morgan fingerprint density at radius 3 is 1.95 bits per heavy atom. The van der Waals surface area contributed by atoms with Crippen molar-refractivity contribution in [2.75, 3.05) is 0 Å². The van der Waals surface area contributed by atoms with Crippen LogP contribution in [0.3, 0.4) is 0 Å². The Labute approximate surface area is 123 Å². The first-order valence-electron chi connectivity index (χ1n) is 6.37. The van der Waals surface area contributed by atoms with E-state index in [1.165, 1.54) is 24.3 Å². The molecule has 0 aromatic heterocycles. The number of carbonyl (C=O) groups is 4. The van der Waals surface area contributed by atoms with Gasteiger partial charge in [0.1, 0.15) is 0 Å². The molecule has 3 aliphatic heterocycles. The van der Waals surface area contributed by atoms with Gasteiger partial charge in [0.05, 0.1) is 22.3 Å². The van der Waals surface area contributed by atoms with Gasteiger partial charge in [0.2, 0.25) is 0 Å². The molecule has 6 heteroatoms. The van der Waals surface area contributed by atoms with Crippen LogP contribution in [-0.4, -0.2) is 23.9 Å². The van der Waals surface area contributed by atoms with E-state index in [1.54, 1.807) is 12.1 Å². The molecule has 3 aliphatic rings. The van der Waals surface area contributed by atoms with Gasteiger partial charge in [-0.2, -0.15) is 0 Å². The number of cyclic esters (lactones) is 2. The molecule has 0 spiro atoms. The molecule has 0 radical (unpaired) electrons. The molecule has 5 rings (SSSR count). The number of carbonyl (C=O) groups excluding carboxylic acids is 4. The average molecular weight is 294 g/mol. The SMILES string of the molecule is O=C1OC(=O)c2ccc(c3c2C(=O)OC3=O)-c2cccc1c2. The molecule has 106 valence electrons. The molecule has 0 amide bonds. The van der Waals surface area contributed by atoms with Crippen LogP contribution in [0.2, 0.25) is 0 Å². The Hall–Kier alpha value is -3.28. The van der Waals surface area contributed by atoms with E-state index in [1.807, 2.05) is 0 Å². The summed E-state index contributed by atoms with van der Waals surface area (Å²) in [6, 6.07) is 9.15. The van der Waals surface area contributed by atoms with Crippen LogP contribution in [0, 0.1) is 0 Å². The third kappa shape index (κ3) is 1.54. The predicted molar refractivity (Wildman–Crippen MR) is 71.4 cm³/mol. The second-order valence-corrected chi connectivity index (χ2v) is 4.85. The third-order valence-electron chi connectivity index (χ3n) is 3.61. The Morgan fingerprint density at radius 2 is 1.18 bits per heavy atom. The van der Waals surface area contributed by atoms with Crippen LogP contribution in [0.1, 0.15) is 41.4 Å². The summed E-state index contributed by atoms with van der Waals surface area (Å²) in [7, 11) is 0. The minimum Gasteiger partial charge on any atom is -0.386 e. The highest BCUT2D eigenvalue weighted by Crippen LogP contribution is 2.35. The molecule has 0 aliphatic carbocycles. The van der Waals surface area contributed by atoms with Crippen molar-refractivity contribution in [1.82, 2.24) is 0 Å². The number of hydrogen-bond donors (Lipinski definition) is 0. The van der Waals surface area contributed by atoms with Crippen LogP contribution in [-0.2, 0) is 9.47 Å². The second kappa shape index (κ2) is 4.11. The van der Waals surface area contributed by atoms with E-state index >= 15 is 0 Å². The molecule has 2 aromatic carbocycles. The zero-order valence-electron chi connectivity index (χ0n) is 10.9. The van der Waals surface area contributed by atoms with Gasteiger partial charge in [-0.15, -0.1) is 0 Å². The summed E-state index contributed by atoms with van der Waals surface area (Å²) in [6.07, 6.45) is 0. The first-order valence-corrected chi connectivity index (χ1v) is 6.37. The van der Waals surface area contributed by atoms with Crippen molar-refractivity contribution in [3.63, 3.8) is 0 Å². The molecule has 2 aromatic rings. The van der Waals surface area contributed by atoms with Gasteiger partial charge in [0.15, 0.2) is 0 Å². The first-order chi connectivity index (χ1) is 10.6. The molecule has 0 saturated carbocycles. The highest BCUT2D eigenvalue weighted by Gasteiger charge is 2.38. The Kier molecular flexibility index (Phi) is 2.33. The number of hydrogen-bond acceptors (Lipinski definition) is 6. The normalized spacial score (nSPS) is 15.5. The summed E-state index contributed by atoms with van der Waals surface area (Å²) in [5.74, 6) is -3.55. The number of fused-ring (bicyclic) bond motifs is 3. The topological polar surface area (TPSA) is 86.7 Å². The Morgan fingerprint density at radius 1 is 0.591 bits per heavy atom. The van der Waals surface area contributed by atoms with Crippen LogP contribution in [0.5, 0.6) is 0 Å². The molecule has 0 N–H and O–H groups in total. The fourth-order valence-electron chi connectivity index (χ4n) is 2.64. The number of ether oxygens (including phenoxy) is 2. The van der Waals surface area contributed by atoms with Gasteiger partial charge in [-0.1, -0.05) is 18.2 Å². The van der Waals surface area contributed by atoms with Gasteiger partial charge in [0.25, 0.3) is 0 Å². The van der Waals surface area contributed by atoms with Gasteiger partial charge in [-0.3, -0.25) is 0 Å². The van der Waals surface area contributed by atoms with E-state index < -0.39 is 23.9 Å². The Balaban J connectivity index is 2.15. The van der Waals surface area contributed by atoms with E-state index in [2.05, 4.69) is 4.74 Å². The van der Waals surface area contributed by atoms with Crippen LogP contribution >= 0.6 is 0 Å². The molecular weight excluding hydrogens is 288 g/mol. The monoisotopic (exact) mass is 294 g/mol. The van der Waals surface area contributed by atoms with Gasteiger partial charge in [-0.25, -0.2) is 19.2 Å². The lowest BCUT2D eigenvalue weighted by atomic mass is 9.92. The van der Waals surface area contributed by atoms with Crippen molar-refractivity contribution in [2.45, 2.75) is 0 Å². The van der Waals surface area contributed by atoms with Crippen LogP contribution in [0.15, 0.2) is 36.4 Å². The maximum atomic E-state index is 12.1. The summed E-state index contributed by atoms with van der Waals surface area (Å²) >= 11 is 0. The van der Waals surface area contributed by atoms with Crippen molar-refractivity contribution in [3.05, 3.63) is 58.7 Å². The first kappa shape index (κ1) is 12.5. The number of benzene rings is 2. The average Bonchev–Trinajstić information content (AvgIpc) is 2.81. The summed E-state index contributed by atoms with van der Waals surface area (Å²) < 4.78 is 9.36. The quantitative estimate of drug-likeness (QED) is 0.545. The number of rotatable bonds is 0. The molecule has 6 nitrogen and oxygen atoms in total. The molecule has 0 unspecified atom stereocenters. The standard InChI is InChI=1S/C16H6O6/c17-13-8-3-1-2-7(6-8)9-4-5-10(14(18)21-13)12-11(9)15(19)22-16(12)20/h1-6H. The highest BCUT2D eigenvalue weighted by molar-refractivity contribution is 6.22. The van der Waals surface area contributed by atoms with Crippen LogP contribution in [0.25, 0.3) is 11.1 Å². The zero-order chi connectivity index (χ0) is 15.4. The van der Waals surface area contributed by atoms with Crippen LogP contribution < -0.4 is 0 Å². The minimum absolute atomic E-state index is 0.0194. The molecule has 0 fully saturated rings. The van der Waals surface area contributed by atoms with Crippen molar-refractivity contribution in [1.29, 1.82) is 0 Å². The second-order valence-electron chi connectivity index (χ2n) is 4.85. The third-order valence-corrected chi connectivity index (χ3v) is 3.61. The lowest BCUT2D eigenvalue weighted by molar-refractivity contribution is 0.0379. The van der Waals surface area contributed by atoms with Gasteiger partial charge in [0, 0.05) is 0 Å². The molecule has 3 heterocycles. The number of esters is 4. The zero-order valence-corrected chi connectivity index (χ0v) is 10.9. The van der Waals surface area contributed by atoms with E-state index in [-0.39, 0.29) is 22.3 Å². The summed E-state index contributed by atoms with van der Waals surface area (Å²) in [5.41, 5.74) is 0.864. The fraction of sp³-hybridized carbons (Fsp3) is 0. The van der Waals surface area contributed by atoms with Crippen molar-refractivity contribution in [2.24, 2.45) is 0 Å². The van der Waals surface area contributed by atoms with Gasteiger partial charge < -0.3 is 9.47 Å². The summed E-state index contributed by atoms with van der Waals surface area (Å²) in [5, 5.41) is 0. The van der Waals surface area contributed by atoms with E-state index in [9.17, 15) is 19.2 Å². The predicted octanol–water partition coefficient (Wildman–Crippen LogP) is 1.97. The van der Waals surface area contributed by atoms with E-state index in [0.717, 1.165) is 0 Å². The van der Waals surface area contributed by atoms with Crippen molar-refractivity contribution in [3.8, 4) is 11.1 Å². The highest BCUT2D eigenvalue weighted by atomic mass is 16.6. The lowest BCUT2D eigenvalue weighted by Gasteiger charge is -2.12.